The molecule has 1 aromatic carbocycles. The van der Waals surface area contributed by atoms with Gasteiger partial charge in [0.2, 0.25) is 5.91 Å². The summed E-state index contributed by atoms with van der Waals surface area (Å²) in [4.78, 5) is 22.9. The molecule has 0 radical (unpaired) electrons. The maximum Gasteiger partial charge on any atom is 0.321 e. The molecule has 0 saturated carbocycles. The summed E-state index contributed by atoms with van der Waals surface area (Å²) in [7, 11) is 0. The predicted molar refractivity (Wildman–Crippen MR) is 83.7 cm³/mol. The Morgan fingerprint density at radius 2 is 2.22 bits per heavy atom. The lowest BCUT2D eigenvalue weighted by Gasteiger charge is -2.20. The van der Waals surface area contributed by atoms with Crippen LogP contribution in [0.3, 0.4) is 0 Å². The Morgan fingerprint density at radius 3 is 2.91 bits per heavy atom. The van der Waals surface area contributed by atoms with E-state index in [1.54, 1.807) is 13.0 Å². The Bertz CT molecular complexity index is 585. The van der Waals surface area contributed by atoms with Gasteiger partial charge in [-0.05, 0) is 31.0 Å². The van der Waals surface area contributed by atoms with E-state index in [0.29, 0.717) is 25.1 Å². The highest BCUT2D eigenvalue weighted by Crippen LogP contribution is 2.30. The van der Waals surface area contributed by atoms with E-state index in [1.807, 2.05) is 0 Å². The fourth-order valence-electron chi connectivity index (χ4n) is 2.42. The minimum atomic E-state index is -0.529. The molecule has 1 aromatic rings. The van der Waals surface area contributed by atoms with E-state index in [-0.39, 0.29) is 23.7 Å². The number of nitrogens with one attached hydrogen (secondary N) is 3. The van der Waals surface area contributed by atoms with Gasteiger partial charge < -0.3 is 15.4 Å². The zero-order valence-corrected chi connectivity index (χ0v) is 13.5. The summed E-state index contributed by atoms with van der Waals surface area (Å²) in [5.41, 5.74) is 0.658. The number of benzene rings is 1. The molecule has 1 aliphatic heterocycles. The minimum absolute atomic E-state index is 0.0300. The summed E-state index contributed by atoms with van der Waals surface area (Å²) < 4.78 is 19.2. The monoisotopic (exact) mass is 343 g/mol. The molecule has 3 N–H and O–H groups in total. The largest absolute Gasteiger partial charge is 0.372 e. The highest BCUT2D eigenvalue weighted by atomic mass is 35.5. The Balaban J connectivity index is 1.90. The van der Waals surface area contributed by atoms with Gasteiger partial charge in [-0.15, -0.1) is 0 Å². The minimum Gasteiger partial charge on any atom is -0.372 e. The molecule has 1 aliphatic rings. The van der Waals surface area contributed by atoms with E-state index >= 15 is 0 Å². The second kappa shape index (κ2) is 8.24. The van der Waals surface area contributed by atoms with Gasteiger partial charge in [0.25, 0.3) is 0 Å². The average Bonchev–Trinajstić information content (AvgIpc) is 2.96. The lowest BCUT2D eigenvalue weighted by atomic mass is 10.0. The number of amides is 3. The van der Waals surface area contributed by atoms with E-state index in [1.165, 1.54) is 12.1 Å². The van der Waals surface area contributed by atoms with Crippen LogP contribution >= 0.6 is 11.6 Å². The van der Waals surface area contributed by atoms with E-state index in [9.17, 15) is 14.0 Å². The van der Waals surface area contributed by atoms with E-state index < -0.39 is 17.8 Å². The molecule has 1 heterocycles. The van der Waals surface area contributed by atoms with Gasteiger partial charge in [-0.25, -0.2) is 9.18 Å². The summed E-state index contributed by atoms with van der Waals surface area (Å²) in [5, 5.41) is 7.77. The molecule has 2 atom stereocenters. The maximum absolute atomic E-state index is 13.6. The SMILES string of the molecule is CCNC(=O)NC(=O)CN[C@H]1CCO[C@H]1c1ccc(Cl)c(F)c1. The number of hydrogen-bond acceptors (Lipinski definition) is 4. The third-order valence-electron chi connectivity index (χ3n) is 3.48. The third kappa shape index (κ3) is 4.89. The van der Waals surface area contributed by atoms with Crippen molar-refractivity contribution in [2.75, 3.05) is 19.7 Å². The van der Waals surface area contributed by atoms with Crippen LogP contribution in [0.15, 0.2) is 18.2 Å². The number of urea groups is 1. The molecule has 1 fully saturated rings. The smallest absolute Gasteiger partial charge is 0.321 e. The molecule has 0 unspecified atom stereocenters. The highest BCUT2D eigenvalue weighted by Gasteiger charge is 2.30. The number of imide groups is 1. The second-order valence-corrected chi connectivity index (χ2v) is 5.56. The van der Waals surface area contributed by atoms with Crippen molar-refractivity contribution in [3.05, 3.63) is 34.6 Å². The zero-order valence-electron chi connectivity index (χ0n) is 12.7. The Kier molecular flexibility index (Phi) is 6.32. The lowest BCUT2D eigenvalue weighted by molar-refractivity contribution is -0.119. The van der Waals surface area contributed by atoms with Crippen LogP contribution in [-0.4, -0.2) is 37.7 Å². The molecule has 2 rings (SSSR count). The van der Waals surface area contributed by atoms with Crippen molar-refractivity contribution in [2.45, 2.75) is 25.5 Å². The van der Waals surface area contributed by atoms with Crippen molar-refractivity contribution in [1.82, 2.24) is 16.0 Å². The van der Waals surface area contributed by atoms with Crippen LogP contribution in [0, 0.1) is 5.82 Å². The van der Waals surface area contributed by atoms with Crippen LogP contribution in [0.25, 0.3) is 0 Å². The lowest BCUT2D eigenvalue weighted by Crippen LogP contribution is -2.45. The number of rotatable bonds is 5. The first-order valence-electron chi connectivity index (χ1n) is 7.39. The Labute approximate surface area is 138 Å². The molecule has 23 heavy (non-hydrogen) atoms. The molecule has 0 spiro atoms. The molecule has 0 bridgehead atoms. The van der Waals surface area contributed by atoms with E-state index in [4.69, 9.17) is 16.3 Å². The molecule has 3 amide bonds. The van der Waals surface area contributed by atoms with Crippen molar-refractivity contribution in [3.8, 4) is 0 Å². The normalized spacial score (nSPS) is 20.3. The topological polar surface area (TPSA) is 79.5 Å². The van der Waals surface area contributed by atoms with Gasteiger partial charge in [0.05, 0.1) is 17.7 Å². The fraction of sp³-hybridized carbons (Fsp3) is 0.467. The van der Waals surface area contributed by atoms with Crippen LogP contribution in [-0.2, 0) is 9.53 Å². The second-order valence-electron chi connectivity index (χ2n) is 5.15. The van der Waals surface area contributed by atoms with Crippen molar-refractivity contribution in [3.63, 3.8) is 0 Å². The highest BCUT2D eigenvalue weighted by molar-refractivity contribution is 6.30. The summed E-state index contributed by atoms with van der Waals surface area (Å²) in [5.74, 6) is -0.948. The van der Waals surface area contributed by atoms with Crippen LogP contribution in [0.2, 0.25) is 5.02 Å². The molecule has 0 aromatic heterocycles. The van der Waals surface area contributed by atoms with Crippen LogP contribution in [0.4, 0.5) is 9.18 Å². The summed E-state index contributed by atoms with van der Waals surface area (Å²) in [6, 6.07) is 3.84. The Hall–Kier alpha value is -1.70. The van der Waals surface area contributed by atoms with E-state index in [0.717, 1.165) is 0 Å². The van der Waals surface area contributed by atoms with Gasteiger partial charge in [0, 0.05) is 19.2 Å². The molecule has 0 aliphatic carbocycles. The van der Waals surface area contributed by atoms with Crippen molar-refractivity contribution in [2.24, 2.45) is 0 Å². The number of halogens is 2. The number of hydrogen-bond donors (Lipinski definition) is 3. The van der Waals surface area contributed by atoms with Gasteiger partial charge in [-0.3, -0.25) is 10.1 Å². The fourth-order valence-corrected chi connectivity index (χ4v) is 2.53. The number of ether oxygens (including phenoxy) is 1. The molecule has 1 saturated heterocycles. The maximum atomic E-state index is 13.6. The van der Waals surface area contributed by atoms with Gasteiger partial charge in [0.15, 0.2) is 0 Å². The Morgan fingerprint density at radius 1 is 1.43 bits per heavy atom. The van der Waals surface area contributed by atoms with Crippen LogP contribution in [0.5, 0.6) is 0 Å². The quantitative estimate of drug-likeness (QED) is 0.761. The van der Waals surface area contributed by atoms with Gasteiger partial charge in [-0.2, -0.15) is 0 Å². The molecule has 8 heteroatoms. The number of carbonyl (C=O) groups excluding carboxylic acids is 2. The van der Waals surface area contributed by atoms with Crippen LogP contribution < -0.4 is 16.0 Å². The van der Waals surface area contributed by atoms with E-state index in [2.05, 4.69) is 16.0 Å². The van der Waals surface area contributed by atoms with Gasteiger partial charge >= 0.3 is 6.03 Å². The van der Waals surface area contributed by atoms with Crippen LogP contribution in [0.1, 0.15) is 25.0 Å². The number of carbonyl (C=O) groups is 2. The average molecular weight is 344 g/mol. The summed E-state index contributed by atoms with van der Waals surface area (Å²) >= 11 is 5.68. The molecule has 126 valence electrons. The first kappa shape index (κ1) is 17.7. The predicted octanol–water partition coefficient (Wildman–Crippen LogP) is 1.74. The molecular weight excluding hydrogens is 325 g/mol. The summed E-state index contributed by atoms with van der Waals surface area (Å²) in [6.45, 7) is 2.67. The zero-order chi connectivity index (χ0) is 16.8. The first-order chi connectivity index (χ1) is 11.0. The summed E-state index contributed by atoms with van der Waals surface area (Å²) in [6.07, 6.45) is 0.322. The first-order valence-corrected chi connectivity index (χ1v) is 7.76. The molecule has 6 nitrogen and oxygen atoms in total. The van der Waals surface area contributed by atoms with Crippen molar-refractivity contribution < 1.29 is 18.7 Å². The molecular formula is C15H19ClFN3O3. The van der Waals surface area contributed by atoms with Gasteiger partial charge in [0.1, 0.15) is 5.82 Å². The van der Waals surface area contributed by atoms with Crippen molar-refractivity contribution in [1.29, 1.82) is 0 Å². The third-order valence-corrected chi connectivity index (χ3v) is 3.79. The standard InChI is InChI=1S/C15H19ClFN3O3/c1-2-18-15(22)20-13(21)8-19-12-5-6-23-14(12)9-3-4-10(16)11(17)7-9/h3-4,7,12,14,19H,2,5-6,8H2,1H3,(H2,18,20,21,22)/t12-,14-/m0/s1. The van der Waals surface area contributed by atoms with Crippen molar-refractivity contribution >= 4 is 23.5 Å². The van der Waals surface area contributed by atoms with Gasteiger partial charge in [-0.1, -0.05) is 17.7 Å².